The van der Waals surface area contributed by atoms with Gasteiger partial charge in [-0.15, -0.1) is 0 Å². The zero-order valence-electron chi connectivity index (χ0n) is 24.4. The average molecular weight is 594 g/mol. The molecule has 228 valence electrons. The Morgan fingerprint density at radius 2 is 1.81 bits per heavy atom. The van der Waals surface area contributed by atoms with Crippen LogP contribution in [0.3, 0.4) is 0 Å². The zero-order chi connectivity index (χ0) is 31.2. The Kier molecular flexibility index (Phi) is 7.78. The molecule has 2 heterocycles. The van der Waals surface area contributed by atoms with Crippen LogP contribution in [0.5, 0.6) is 0 Å². The quantitative estimate of drug-likeness (QED) is 0.276. The van der Waals surface area contributed by atoms with Crippen molar-refractivity contribution in [1.29, 1.82) is 0 Å². The van der Waals surface area contributed by atoms with Gasteiger partial charge in [-0.05, 0) is 57.4 Å². The molecule has 1 aromatic carbocycles. The van der Waals surface area contributed by atoms with Crippen molar-refractivity contribution >= 4 is 29.8 Å². The Morgan fingerprint density at radius 3 is 2.47 bits per heavy atom. The van der Waals surface area contributed by atoms with Gasteiger partial charge in [-0.3, -0.25) is 14.6 Å². The summed E-state index contributed by atoms with van der Waals surface area (Å²) in [5.41, 5.74) is -6.55. The minimum Gasteiger partial charge on any atom is -0.465 e. The average Bonchev–Trinajstić information content (AvgIpc) is 3.15. The number of aliphatic hydroxyl groups is 2. The van der Waals surface area contributed by atoms with Gasteiger partial charge in [-0.25, -0.2) is 9.59 Å². The lowest BCUT2D eigenvalue weighted by atomic mass is 9.46. The lowest BCUT2D eigenvalue weighted by Crippen LogP contribution is -2.82. The monoisotopic (exact) mass is 593 g/mol. The Labute approximate surface area is 248 Å². The molecule has 3 aliphatic rings. The molecule has 2 bridgehead atoms. The van der Waals surface area contributed by atoms with E-state index in [1.807, 2.05) is 6.07 Å². The number of fused-ring (bicyclic) bond motifs is 1. The topological polar surface area (TPSA) is 159 Å². The lowest BCUT2D eigenvalue weighted by molar-refractivity contribution is -0.334. The number of carbonyl (C=O) groups is 4. The number of Topliss-reactive ketones (excluding diaryl/α,β-unsaturated/α-hetero) is 1. The predicted octanol–water partition coefficient (Wildman–Crippen LogP) is 2.43. The smallest absolute Gasteiger partial charge is 0.340 e. The van der Waals surface area contributed by atoms with Crippen molar-refractivity contribution in [2.45, 2.75) is 75.7 Å². The van der Waals surface area contributed by atoms with Crippen LogP contribution >= 0.6 is 0 Å². The van der Waals surface area contributed by atoms with Gasteiger partial charge < -0.3 is 29.2 Å². The maximum absolute atomic E-state index is 14.3. The van der Waals surface area contributed by atoms with Gasteiger partial charge in [0.25, 0.3) is 0 Å². The van der Waals surface area contributed by atoms with Crippen LogP contribution in [0.25, 0.3) is 6.08 Å². The van der Waals surface area contributed by atoms with Gasteiger partial charge in [0.1, 0.15) is 23.7 Å². The third kappa shape index (κ3) is 4.85. The molecule has 2 aliphatic carbocycles. The van der Waals surface area contributed by atoms with E-state index < -0.39 is 76.7 Å². The van der Waals surface area contributed by atoms with Crippen molar-refractivity contribution in [3.05, 3.63) is 72.1 Å². The molecule has 2 saturated carbocycles. The zero-order valence-corrected chi connectivity index (χ0v) is 24.4. The van der Waals surface area contributed by atoms with Gasteiger partial charge in [0.2, 0.25) is 0 Å². The number of benzene rings is 1. The normalized spacial score (nSPS) is 34.3. The summed E-state index contributed by atoms with van der Waals surface area (Å²) in [5.74, 6) is -4.41. The third-order valence-electron chi connectivity index (χ3n) is 9.00. The first kappa shape index (κ1) is 30.5. The van der Waals surface area contributed by atoms with E-state index in [1.54, 1.807) is 44.2 Å². The SMILES string of the molecule is CC(=O)OC[C@@]12[C@@H](OC(=O)/C=C/c3ccccc3)CC[C@](C)(O)[C@]13OC(C)(C)[C@H](C(=O)[C@H]2OC(=O)c1cccnc1)C3O. The number of ketones is 1. The maximum atomic E-state index is 14.3. The highest BCUT2D eigenvalue weighted by Gasteiger charge is 2.85. The summed E-state index contributed by atoms with van der Waals surface area (Å²) in [5, 5.41) is 23.9. The molecule has 43 heavy (non-hydrogen) atoms. The summed E-state index contributed by atoms with van der Waals surface area (Å²) in [6.45, 7) is 5.09. The molecule has 1 spiro atoms. The summed E-state index contributed by atoms with van der Waals surface area (Å²) in [6.07, 6.45) is 0.729. The van der Waals surface area contributed by atoms with Crippen molar-refractivity contribution in [2.75, 3.05) is 6.61 Å². The van der Waals surface area contributed by atoms with Crippen molar-refractivity contribution in [3.8, 4) is 0 Å². The fourth-order valence-electron chi connectivity index (χ4n) is 7.22. The number of nitrogens with zero attached hydrogens (tertiary/aromatic N) is 1. The number of esters is 3. The highest BCUT2D eigenvalue weighted by molar-refractivity contribution is 5.96. The molecule has 3 fully saturated rings. The number of ether oxygens (including phenoxy) is 4. The van der Waals surface area contributed by atoms with Crippen LogP contribution in [-0.2, 0) is 33.3 Å². The molecule has 0 amide bonds. The molecule has 2 N–H and O–H groups in total. The van der Waals surface area contributed by atoms with E-state index in [-0.39, 0.29) is 18.4 Å². The van der Waals surface area contributed by atoms with Gasteiger partial charge >= 0.3 is 17.9 Å². The van der Waals surface area contributed by atoms with Gasteiger partial charge in [-0.1, -0.05) is 30.3 Å². The third-order valence-corrected chi connectivity index (χ3v) is 9.00. The van der Waals surface area contributed by atoms with Crippen LogP contribution < -0.4 is 0 Å². The maximum Gasteiger partial charge on any atom is 0.340 e. The molecular formula is C32H35NO10. The van der Waals surface area contributed by atoms with Crippen LogP contribution in [0, 0.1) is 11.3 Å². The molecule has 5 rings (SSSR count). The van der Waals surface area contributed by atoms with Crippen LogP contribution in [0.15, 0.2) is 60.9 Å². The number of aliphatic hydroxyl groups excluding tert-OH is 1. The fourth-order valence-corrected chi connectivity index (χ4v) is 7.22. The second kappa shape index (κ2) is 11.0. The van der Waals surface area contributed by atoms with Gasteiger partial charge in [0, 0.05) is 25.4 Å². The summed E-state index contributed by atoms with van der Waals surface area (Å²) >= 11 is 0. The van der Waals surface area contributed by atoms with Gasteiger partial charge in [-0.2, -0.15) is 0 Å². The summed E-state index contributed by atoms with van der Waals surface area (Å²) in [6, 6.07) is 12.0. The predicted molar refractivity (Wildman–Crippen MR) is 150 cm³/mol. The van der Waals surface area contributed by atoms with Crippen LogP contribution in [0.2, 0.25) is 0 Å². The van der Waals surface area contributed by atoms with Crippen LogP contribution in [0.4, 0.5) is 0 Å². The Balaban J connectivity index is 1.67. The standard InChI is InChI=1S/C32H35NO10/c1-19(34)40-18-31-22(41-23(35)13-12-20-9-6-5-7-10-20)14-15-30(4,39)32(31)26(37)24(29(2,3)43-32)25(36)27(31)42-28(38)21-11-8-16-33-17-21/h5-13,16-17,22,24,26-27,37,39H,14-15,18H2,1-4H3/b13-12+/t22-,24+,26?,27+,30-,31-,32-/m0/s1. The van der Waals surface area contributed by atoms with Crippen molar-refractivity contribution in [3.63, 3.8) is 0 Å². The van der Waals surface area contributed by atoms with E-state index >= 15 is 0 Å². The Hall–Kier alpha value is -3.93. The van der Waals surface area contributed by atoms with Crippen LogP contribution in [0.1, 0.15) is 56.5 Å². The van der Waals surface area contributed by atoms with Gasteiger partial charge in [0.05, 0.1) is 28.8 Å². The number of aromatic nitrogens is 1. The minimum absolute atomic E-state index is 0.0213. The summed E-state index contributed by atoms with van der Waals surface area (Å²) < 4.78 is 23.9. The second-order valence-corrected chi connectivity index (χ2v) is 12.1. The molecule has 1 saturated heterocycles. The molecule has 11 nitrogen and oxygen atoms in total. The largest absolute Gasteiger partial charge is 0.465 e. The molecule has 7 atom stereocenters. The first-order chi connectivity index (χ1) is 20.3. The molecule has 0 radical (unpaired) electrons. The number of rotatable bonds is 7. The van der Waals surface area contributed by atoms with Gasteiger partial charge in [0.15, 0.2) is 11.9 Å². The van der Waals surface area contributed by atoms with E-state index in [1.165, 1.54) is 37.5 Å². The van der Waals surface area contributed by atoms with Crippen molar-refractivity contribution in [2.24, 2.45) is 11.3 Å². The molecule has 1 aromatic heterocycles. The Morgan fingerprint density at radius 1 is 1.09 bits per heavy atom. The summed E-state index contributed by atoms with van der Waals surface area (Å²) in [7, 11) is 0. The first-order valence-corrected chi connectivity index (χ1v) is 14.1. The minimum atomic E-state index is -2.07. The van der Waals surface area contributed by atoms with E-state index in [2.05, 4.69) is 4.98 Å². The second-order valence-electron chi connectivity index (χ2n) is 12.1. The lowest BCUT2D eigenvalue weighted by Gasteiger charge is -2.63. The molecular weight excluding hydrogens is 558 g/mol. The van der Waals surface area contributed by atoms with E-state index in [0.29, 0.717) is 0 Å². The number of carbonyl (C=O) groups excluding carboxylic acids is 4. The van der Waals surface area contributed by atoms with E-state index in [9.17, 15) is 29.4 Å². The number of pyridine rings is 1. The highest BCUT2D eigenvalue weighted by atomic mass is 16.6. The molecule has 1 aliphatic heterocycles. The molecule has 2 aromatic rings. The van der Waals surface area contributed by atoms with E-state index in [4.69, 9.17) is 18.9 Å². The fraction of sp³-hybridized carbons (Fsp3) is 0.469. The van der Waals surface area contributed by atoms with E-state index in [0.717, 1.165) is 12.5 Å². The first-order valence-electron chi connectivity index (χ1n) is 14.1. The number of hydrogen-bond acceptors (Lipinski definition) is 11. The highest BCUT2D eigenvalue weighted by Crippen LogP contribution is 2.67. The summed E-state index contributed by atoms with van der Waals surface area (Å²) in [4.78, 5) is 57.2. The van der Waals surface area contributed by atoms with Crippen molar-refractivity contribution < 1.29 is 48.3 Å². The van der Waals surface area contributed by atoms with Crippen molar-refractivity contribution in [1.82, 2.24) is 4.98 Å². The number of hydrogen-bond donors (Lipinski definition) is 2. The molecule has 1 unspecified atom stereocenters. The van der Waals surface area contributed by atoms with Crippen LogP contribution in [-0.4, -0.2) is 80.6 Å². The molecule has 11 heteroatoms. The Bertz CT molecular complexity index is 1440.